The molecule has 0 spiro atoms. The molecule has 1 aromatic carbocycles. The van der Waals surface area contributed by atoms with Crippen molar-refractivity contribution < 1.29 is 12.8 Å². The van der Waals surface area contributed by atoms with Crippen molar-refractivity contribution in [2.45, 2.75) is 25.2 Å². The number of sulfonamides is 1. The normalized spacial score (nSPS) is 11.5. The molecule has 7 heteroatoms. The number of hydrogen-bond acceptors (Lipinski definition) is 5. The first-order chi connectivity index (χ1) is 8.92. The first-order valence-electron chi connectivity index (χ1n) is 5.75. The number of aryl methyl sites for hydroxylation is 2. The molecule has 0 saturated carbocycles. The molecule has 0 atom stereocenters. The molecule has 6 nitrogen and oxygen atoms in total. The predicted octanol–water partition coefficient (Wildman–Crippen LogP) is 1.93. The predicted molar refractivity (Wildman–Crippen MR) is 72.3 cm³/mol. The smallest absolute Gasteiger partial charge is 0.309 e. The lowest BCUT2D eigenvalue weighted by molar-refractivity contribution is 0.569. The molecular formula is C12H15N3O3S. The molecule has 0 amide bonds. The van der Waals surface area contributed by atoms with Gasteiger partial charge in [0.15, 0.2) is 0 Å². The average Bonchev–Trinajstić information content (AvgIpc) is 2.74. The van der Waals surface area contributed by atoms with Crippen LogP contribution in [0.25, 0.3) is 0 Å². The van der Waals surface area contributed by atoms with E-state index in [-0.39, 0.29) is 10.9 Å². The van der Waals surface area contributed by atoms with Crippen LogP contribution in [0, 0.1) is 6.92 Å². The maximum Gasteiger partial charge on any atom is 0.309 e. The number of benzene rings is 1. The van der Waals surface area contributed by atoms with Crippen molar-refractivity contribution in [3.05, 3.63) is 35.7 Å². The van der Waals surface area contributed by atoms with Gasteiger partial charge in [0.05, 0.1) is 10.6 Å². The highest BCUT2D eigenvalue weighted by Gasteiger charge is 2.20. The van der Waals surface area contributed by atoms with Gasteiger partial charge < -0.3 is 10.2 Å². The lowest BCUT2D eigenvalue weighted by Gasteiger charge is -2.09. The largest absolute Gasteiger partial charge is 0.431 e. The molecule has 0 aliphatic rings. The number of rotatable bonds is 4. The first kappa shape index (κ1) is 13.4. The van der Waals surface area contributed by atoms with E-state index in [2.05, 4.69) is 9.71 Å². The summed E-state index contributed by atoms with van der Waals surface area (Å²) in [6.45, 7) is 3.58. The minimum atomic E-state index is -3.75. The van der Waals surface area contributed by atoms with Crippen LogP contribution in [0.4, 0.5) is 11.7 Å². The Morgan fingerprint density at radius 1 is 1.42 bits per heavy atom. The van der Waals surface area contributed by atoms with Crippen molar-refractivity contribution in [1.82, 2.24) is 4.98 Å². The Balaban J connectivity index is 2.41. The van der Waals surface area contributed by atoms with E-state index in [0.717, 1.165) is 0 Å². The summed E-state index contributed by atoms with van der Waals surface area (Å²) in [6.07, 6.45) is 1.96. The van der Waals surface area contributed by atoms with Gasteiger partial charge in [-0.1, -0.05) is 13.0 Å². The van der Waals surface area contributed by atoms with E-state index in [4.69, 9.17) is 10.2 Å². The summed E-state index contributed by atoms with van der Waals surface area (Å²) in [4.78, 5) is 4.06. The summed E-state index contributed by atoms with van der Waals surface area (Å²) in [5.41, 5.74) is 7.32. The summed E-state index contributed by atoms with van der Waals surface area (Å²) in [6, 6.07) is 4.75. The number of nitrogens with zero attached hydrogens (tertiary/aromatic N) is 1. The lowest BCUT2D eigenvalue weighted by Crippen LogP contribution is -2.15. The van der Waals surface area contributed by atoms with Gasteiger partial charge in [-0.2, -0.15) is 4.98 Å². The number of aromatic nitrogens is 1. The molecule has 0 radical (unpaired) electrons. The molecule has 2 aromatic rings. The van der Waals surface area contributed by atoms with E-state index in [1.54, 1.807) is 19.1 Å². The van der Waals surface area contributed by atoms with Crippen molar-refractivity contribution in [1.29, 1.82) is 0 Å². The molecular weight excluding hydrogens is 266 g/mol. The molecule has 0 unspecified atom stereocenters. The van der Waals surface area contributed by atoms with Crippen molar-refractivity contribution in [2.75, 3.05) is 10.5 Å². The van der Waals surface area contributed by atoms with E-state index >= 15 is 0 Å². The second-order valence-corrected chi connectivity index (χ2v) is 5.77. The minimum absolute atomic E-state index is 0.0537. The summed E-state index contributed by atoms with van der Waals surface area (Å²) in [7, 11) is -3.75. The SMILES string of the molecule is CCc1ccc(N)cc1S(=O)(=O)Nc1nc(C)co1. The van der Waals surface area contributed by atoms with Gasteiger partial charge in [-0.15, -0.1) is 0 Å². The second kappa shape index (κ2) is 4.93. The monoisotopic (exact) mass is 281 g/mol. The Hall–Kier alpha value is -2.02. The van der Waals surface area contributed by atoms with Gasteiger partial charge in [0.2, 0.25) is 0 Å². The number of anilines is 2. The molecule has 1 heterocycles. The molecule has 0 aliphatic carbocycles. The van der Waals surface area contributed by atoms with Gasteiger partial charge in [-0.25, -0.2) is 13.1 Å². The molecule has 0 saturated heterocycles. The Kier molecular flexibility index (Phi) is 3.48. The molecule has 3 N–H and O–H groups in total. The van der Waals surface area contributed by atoms with Crippen LogP contribution in [0.3, 0.4) is 0 Å². The van der Waals surface area contributed by atoms with E-state index in [0.29, 0.717) is 23.4 Å². The van der Waals surface area contributed by atoms with Crippen LogP contribution in [0.15, 0.2) is 33.8 Å². The summed E-state index contributed by atoms with van der Waals surface area (Å²) >= 11 is 0. The summed E-state index contributed by atoms with van der Waals surface area (Å²) in [5.74, 6) is 0. The van der Waals surface area contributed by atoms with Crippen LogP contribution >= 0.6 is 0 Å². The second-order valence-electron chi connectivity index (χ2n) is 4.12. The molecule has 0 fully saturated rings. The standard InChI is InChI=1S/C12H15N3O3S/c1-3-9-4-5-10(13)6-11(9)19(16,17)15-12-14-8(2)7-18-12/h4-7H,3,13H2,1-2H3,(H,14,15). The van der Waals surface area contributed by atoms with Gasteiger partial charge in [0.1, 0.15) is 6.26 Å². The Bertz CT molecular complexity index is 692. The van der Waals surface area contributed by atoms with Gasteiger partial charge in [-0.3, -0.25) is 0 Å². The van der Waals surface area contributed by atoms with Crippen LogP contribution in [0.2, 0.25) is 0 Å². The van der Waals surface area contributed by atoms with Crippen LogP contribution in [0.5, 0.6) is 0 Å². The van der Waals surface area contributed by atoms with Gasteiger partial charge in [0, 0.05) is 5.69 Å². The molecule has 0 bridgehead atoms. The van der Waals surface area contributed by atoms with Crippen molar-refractivity contribution in [2.24, 2.45) is 0 Å². The van der Waals surface area contributed by atoms with Crippen molar-refractivity contribution >= 4 is 21.7 Å². The molecule has 1 aromatic heterocycles. The molecule has 0 aliphatic heterocycles. The fraction of sp³-hybridized carbons (Fsp3) is 0.250. The Morgan fingerprint density at radius 2 is 2.16 bits per heavy atom. The Morgan fingerprint density at radius 3 is 2.74 bits per heavy atom. The number of nitrogens with one attached hydrogen (secondary N) is 1. The minimum Gasteiger partial charge on any atom is -0.431 e. The van der Waals surface area contributed by atoms with Gasteiger partial charge in [-0.05, 0) is 31.0 Å². The van der Waals surface area contributed by atoms with Crippen LogP contribution in [-0.4, -0.2) is 13.4 Å². The lowest BCUT2D eigenvalue weighted by atomic mass is 10.1. The third kappa shape index (κ3) is 2.87. The van der Waals surface area contributed by atoms with Crippen LogP contribution in [0.1, 0.15) is 18.2 Å². The van der Waals surface area contributed by atoms with E-state index in [9.17, 15) is 8.42 Å². The highest BCUT2D eigenvalue weighted by molar-refractivity contribution is 7.92. The zero-order valence-corrected chi connectivity index (χ0v) is 11.5. The van der Waals surface area contributed by atoms with Gasteiger partial charge >= 0.3 is 6.01 Å². The molecule has 19 heavy (non-hydrogen) atoms. The van der Waals surface area contributed by atoms with Crippen molar-refractivity contribution in [3.8, 4) is 0 Å². The average molecular weight is 281 g/mol. The zero-order valence-electron chi connectivity index (χ0n) is 10.7. The van der Waals surface area contributed by atoms with Gasteiger partial charge in [0.25, 0.3) is 10.0 Å². The number of nitrogen functional groups attached to an aromatic ring is 1. The maximum atomic E-state index is 12.3. The fourth-order valence-electron chi connectivity index (χ4n) is 1.68. The number of nitrogens with two attached hydrogens (primary N) is 1. The number of oxazole rings is 1. The number of hydrogen-bond donors (Lipinski definition) is 2. The quantitative estimate of drug-likeness (QED) is 0.834. The molecule has 2 rings (SSSR count). The third-order valence-corrected chi connectivity index (χ3v) is 4.00. The van der Waals surface area contributed by atoms with E-state index < -0.39 is 10.0 Å². The highest BCUT2D eigenvalue weighted by Crippen LogP contribution is 2.22. The summed E-state index contributed by atoms with van der Waals surface area (Å²) in [5, 5.41) is 0. The van der Waals surface area contributed by atoms with E-state index in [1.165, 1.54) is 12.3 Å². The molecule has 102 valence electrons. The van der Waals surface area contributed by atoms with Crippen LogP contribution in [-0.2, 0) is 16.4 Å². The van der Waals surface area contributed by atoms with Crippen LogP contribution < -0.4 is 10.5 Å². The topological polar surface area (TPSA) is 98.2 Å². The van der Waals surface area contributed by atoms with Crippen molar-refractivity contribution in [3.63, 3.8) is 0 Å². The third-order valence-electron chi connectivity index (χ3n) is 2.60. The highest BCUT2D eigenvalue weighted by atomic mass is 32.2. The Labute approximate surface area is 111 Å². The van der Waals surface area contributed by atoms with E-state index in [1.807, 2.05) is 6.92 Å². The fourth-order valence-corrected chi connectivity index (χ4v) is 2.97. The maximum absolute atomic E-state index is 12.3. The summed E-state index contributed by atoms with van der Waals surface area (Å²) < 4.78 is 31.8. The first-order valence-corrected chi connectivity index (χ1v) is 7.24. The zero-order chi connectivity index (χ0) is 14.0.